The zero-order valence-corrected chi connectivity index (χ0v) is 12.0. The minimum Gasteiger partial charge on any atom is -0.285 e. The van der Waals surface area contributed by atoms with Crippen molar-refractivity contribution in [2.45, 2.75) is 18.5 Å². The lowest BCUT2D eigenvalue weighted by Gasteiger charge is -2.40. The van der Waals surface area contributed by atoms with Crippen LogP contribution in [-0.2, 0) is 18.5 Å². The van der Waals surface area contributed by atoms with E-state index in [1.54, 1.807) is 12.1 Å². The summed E-state index contributed by atoms with van der Waals surface area (Å²) in [7, 11) is 0. The average molecular weight is 293 g/mol. The third-order valence-electron chi connectivity index (χ3n) is 4.47. The molecule has 0 amide bonds. The Morgan fingerprint density at radius 3 is 2.82 bits per heavy atom. The van der Waals surface area contributed by atoms with Gasteiger partial charge in [0.15, 0.2) is 5.66 Å². The average Bonchev–Trinajstić information content (AvgIpc) is 2.55. The van der Waals surface area contributed by atoms with Crippen molar-refractivity contribution >= 4 is 11.9 Å². The van der Waals surface area contributed by atoms with Crippen LogP contribution in [-0.4, -0.2) is 17.7 Å². The maximum atomic E-state index is 11.0. The molecule has 1 atom stereocenters. The number of nitro benzene ring substituents is 1. The van der Waals surface area contributed by atoms with E-state index in [0.29, 0.717) is 0 Å². The number of nitrogens with zero attached hydrogens (tertiary/aromatic N) is 2. The molecule has 2 aromatic rings. The lowest BCUT2D eigenvalue weighted by Crippen LogP contribution is -2.48. The van der Waals surface area contributed by atoms with Crippen LogP contribution < -0.4 is 5.32 Å². The molecule has 1 N–H and O–H groups in total. The molecule has 1 unspecified atom stereocenters. The highest BCUT2D eigenvalue weighted by atomic mass is 16.6. The number of benzene rings is 2. The SMILES string of the molecule is O=[N+]([O-])c1ccc2c(c1)CCNC21N=CCc2ccccc21. The first-order valence-corrected chi connectivity index (χ1v) is 7.35. The number of hydrogen-bond donors (Lipinski definition) is 1. The summed E-state index contributed by atoms with van der Waals surface area (Å²) < 4.78 is 0. The molecule has 5 nitrogen and oxygen atoms in total. The summed E-state index contributed by atoms with van der Waals surface area (Å²) in [5.41, 5.74) is 3.96. The van der Waals surface area contributed by atoms with Gasteiger partial charge in [0.1, 0.15) is 0 Å². The van der Waals surface area contributed by atoms with E-state index in [1.165, 1.54) is 5.56 Å². The summed E-state index contributed by atoms with van der Waals surface area (Å²) in [5.74, 6) is 0. The van der Waals surface area contributed by atoms with Crippen LogP contribution in [0, 0.1) is 10.1 Å². The first kappa shape index (κ1) is 13.2. The van der Waals surface area contributed by atoms with E-state index in [0.717, 1.165) is 36.1 Å². The number of hydrogen-bond acceptors (Lipinski definition) is 4. The van der Waals surface area contributed by atoms with Gasteiger partial charge in [-0.25, -0.2) is 0 Å². The minimum atomic E-state index is -0.600. The van der Waals surface area contributed by atoms with Crippen molar-refractivity contribution < 1.29 is 4.92 Å². The molecule has 2 heterocycles. The fourth-order valence-corrected chi connectivity index (χ4v) is 3.48. The number of nitrogens with one attached hydrogen (secondary N) is 1. The van der Waals surface area contributed by atoms with Crippen LogP contribution in [0.2, 0.25) is 0 Å². The smallest absolute Gasteiger partial charge is 0.269 e. The second-order valence-corrected chi connectivity index (χ2v) is 5.66. The van der Waals surface area contributed by atoms with Crippen molar-refractivity contribution in [1.29, 1.82) is 0 Å². The highest BCUT2D eigenvalue weighted by Crippen LogP contribution is 2.40. The molecule has 0 saturated carbocycles. The Balaban J connectivity index is 1.94. The molecule has 4 rings (SSSR count). The van der Waals surface area contributed by atoms with Gasteiger partial charge in [0.05, 0.1) is 4.92 Å². The van der Waals surface area contributed by atoms with Crippen molar-refractivity contribution in [3.05, 3.63) is 74.8 Å². The first-order chi connectivity index (χ1) is 10.7. The molecule has 0 aliphatic carbocycles. The maximum absolute atomic E-state index is 11.0. The van der Waals surface area contributed by atoms with E-state index >= 15 is 0 Å². The predicted molar refractivity (Wildman–Crippen MR) is 84.2 cm³/mol. The maximum Gasteiger partial charge on any atom is 0.269 e. The molecule has 0 fully saturated rings. The minimum absolute atomic E-state index is 0.142. The molecule has 22 heavy (non-hydrogen) atoms. The second kappa shape index (κ2) is 4.74. The Morgan fingerprint density at radius 1 is 1.14 bits per heavy atom. The summed E-state index contributed by atoms with van der Waals surface area (Å²) in [6.45, 7) is 0.750. The fourth-order valence-electron chi connectivity index (χ4n) is 3.48. The number of non-ortho nitro benzene ring substituents is 1. The molecular weight excluding hydrogens is 278 g/mol. The molecule has 2 aliphatic heterocycles. The van der Waals surface area contributed by atoms with Crippen molar-refractivity contribution in [2.24, 2.45) is 4.99 Å². The standard InChI is InChI=1S/C17H15N3O2/c21-20(22)14-5-6-16-13(11-14)8-10-19-17(16)15-4-2-1-3-12(15)7-9-18-17/h1-6,9,11,19H,7-8,10H2. The summed E-state index contributed by atoms with van der Waals surface area (Å²) in [4.78, 5) is 15.4. The van der Waals surface area contributed by atoms with E-state index < -0.39 is 5.66 Å². The summed E-state index contributed by atoms with van der Waals surface area (Å²) in [6, 6.07) is 13.4. The second-order valence-electron chi connectivity index (χ2n) is 5.66. The lowest BCUT2D eigenvalue weighted by molar-refractivity contribution is -0.384. The molecule has 110 valence electrons. The van der Waals surface area contributed by atoms with Crippen LogP contribution in [0.1, 0.15) is 22.3 Å². The van der Waals surface area contributed by atoms with Crippen LogP contribution in [0.3, 0.4) is 0 Å². The third kappa shape index (κ3) is 1.79. The van der Waals surface area contributed by atoms with E-state index in [4.69, 9.17) is 4.99 Å². The molecule has 1 spiro atoms. The monoisotopic (exact) mass is 293 g/mol. The highest BCUT2D eigenvalue weighted by molar-refractivity contribution is 5.69. The van der Waals surface area contributed by atoms with Crippen molar-refractivity contribution in [2.75, 3.05) is 6.54 Å². The van der Waals surface area contributed by atoms with Gasteiger partial charge >= 0.3 is 0 Å². The van der Waals surface area contributed by atoms with E-state index in [9.17, 15) is 10.1 Å². The molecule has 2 aliphatic rings. The van der Waals surface area contributed by atoms with Crippen LogP contribution in [0.15, 0.2) is 47.5 Å². The fraction of sp³-hybridized carbons (Fsp3) is 0.235. The Kier molecular flexibility index (Phi) is 2.84. The zero-order valence-electron chi connectivity index (χ0n) is 12.0. The van der Waals surface area contributed by atoms with Crippen molar-refractivity contribution in [3.8, 4) is 0 Å². The van der Waals surface area contributed by atoms with E-state index in [1.807, 2.05) is 24.4 Å². The topological polar surface area (TPSA) is 67.5 Å². The van der Waals surface area contributed by atoms with Crippen molar-refractivity contribution in [3.63, 3.8) is 0 Å². The lowest BCUT2D eigenvalue weighted by atomic mass is 9.80. The van der Waals surface area contributed by atoms with Crippen molar-refractivity contribution in [1.82, 2.24) is 5.32 Å². The Morgan fingerprint density at radius 2 is 1.95 bits per heavy atom. The molecule has 5 heteroatoms. The molecule has 0 bridgehead atoms. The Hall–Kier alpha value is -2.53. The van der Waals surface area contributed by atoms with Gasteiger partial charge in [-0.15, -0.1) is 0 Å². The van der Waals surface area contributed by atoms with Gasteiger partial charge in [-0.2, -0.15) is 0 Å². The molecule has 2 aromatic carbocycles. The quantitative estimate of drug-likeness (QED) is 0.649. The van der Waals surface area contributed by atoms with Gasteiger partial charge in [0, 0.05) is 42.4 Å². The summed E-state index contributed by atoms with van der Waals surface area (Å²) >= 11 is 0. The number of fused-ring (bicyclic) bond motifs is 4. The molecule has 0 saturated heterocycles. The Labute approximate surface area is 127 Å². The molecule has 0 radical (unpaired) electrons. The Bertz CT molecular complexity index is 800. The summed E-state index contributed by atoms with van der Waals surface area (Å²) in [6.07, 6.45) is 3.53. The van der Waals surface area contributed by atoms with Gasteiger partial charge in [-0.1, -0.05) is 24.3 Å². The van der Waals surface area contributed by atoms with Gasteiger partial charge in [-0.3, -0.25) is 20.4 Å². The van der Waals surface area contributed by atoms with Crippen LogP contribution >= 0.6 is 0 Å². The van der Waals surface area contributed by atoms with Crippen LogP contribution in [0.4, 0.5) is 5.69 Å². The number of nitro groups is 1. The molecule has 0 aromatic heterocycles. The number of aliphatic imine (C=N–C) groups is 1. The first-order valence-electron chi connectivity index (χ1n) is 7.35. The number of rotatable bonds is 1. The van der Waals surface area contributed by atoms with Crippen LogP contribution in [0.5, 0.6) is 0 Å². The van der Waals surface area contributed by atoms with Gasteiger partial charge < -0.3 is 0 Å². The summed E-state index contributed by atoms with van der Waals surface area (Å²) in [5, 5.41) is 14.5. The van der Waals surface area contributed by atoms with Gasteiger partial charge in [0.25, 0.3) is 5.69 Å². The van der Waals surface area contributed by atoms with E-state index in [2.05, 4.69) is 17.4 Å². The highest BCUT2D eigenvalue weighted by Gasteiger charge is 2.40. The van der Waals surface area contributed by atoms with E-state index in [-0.39, 0.29) is 10.6 Å². The van der Waals surface area contributed by atoms with Gasteiger partial charge in [0.2, 0.25) is 0 Å². The zero-order chi connectivity index (χ0) is 15.2. The molecular formula is C17H15N3O2. The largest absolute Gasteiger partial charge is 0.285 e. The normalized spacial score (nSPS) is 22.2. The van der Waals surface area contributed by atoms with Gasteiger partial charge in [-0.05, 0) is 23.6 Å². The predicted octanol–water partition coefficient (Wildman–Crippen LogP) is 2.57. The third-order valence-corrected chi connectivity index (χ3v) is 4.47. The van der Waals surface area contributed by atoms with Crippen LogP contribution in [0.25, 0.3) is 0 Å².